The molecular weight excluding hydrogens is 326 g/mol. The average molecular weight is 341 g/mol. The molecule has 10 nitrogen and oxygen atoms in total. The molecule has 0 spiro atoms. The van der Waals surface area contributed by atoms with Crippen molar-refractivity contribution in [3.8, 4) is 0 Å². The predicted molar refractivity (Wildman–Crippen MR) is 89.4 cm³/mol. The summed E-state index contributed by atoms with van der Waals surface area (Å²) in [4.78, 5) is 30.7. The molecule has 128 valence electrons. The molecule has 1 amide bonds. The van der Waals surface area contributed by atoms with E-state index in [1.54, 1.807) is 30.5 Å². The first-order valence-electron chi connectivity index (χ1n) is 7.50. The Morgan fingerprint density at radius 3 is 2.84 bits per heavy atom. The number of aromatic nitrogens is 4. The van der Waals surface area contributed by atoms with Gasteiger partial charge in [0.2, 0.25) is 5.82 Å². The number of nitro groups is 1. The van der Waals surface area contributed by atoms with Crippen LogP contribution in [-0.4, -0.2) is 43.5 Å². The number of para-hydroxylation sites is 2. The fourth-order valence-corrected chi connectivity index (χ4v) is 2.24. The topological polar surface area (TPSA) is 127 Å². The van der Waals surface area contributed by atoms with Crippen molar-refractivity contribution in [3.05, 3.63) is 58.2 Å². The van der Waals surface area contributed by atoms with Crippen LogP contribution in [-0.2, 0) is 0 Å². The van der Waals surface area contributed by atoms with Gasteiger partial charge < -0.3 is 10.6 Å². The Labute approximate surface area is 142 Å². The number of fused-ring (bicyclic) bond motifs is 1. The van der Waals surface area contributed by atoms with E-state index in [0.29, 0.717) is 18.0 Å². The number of carbonyl (C=O) groups excluding carboxylic acids is 1. The van der Waals surface area contributed by atoms with Gasteiger partial charge in [0.25, 0.3) is 17.4 Å². The van der Waals surface area contributed by atoms with Gasteiger partial charge in [-0.2, -0.15) is 4.98 Å². The smallest absolute Gasteiger partial charge is 0.292 e. The Morgan fingerprint density at radius 2 is 2.08 bits per heavy atom. The molecule has 10 heteroatoms. The summed E-state index contributed by atoms with van der Waals surface area (Å²) in [5.41, 5.74) is 1.19. The molecule has 0 aliphatic rings. The number of amides is 1. The molecule has 0 saturated heterocycles. The molecule has 1 aromatic carbocycles. The first kappa shape index (κ1) is 16.3. The van der Waals surface area contributed by atoms with Crippen molar-refractivity contribution in [2.75, 3.05) is 18.4 Å². The van der Waals surface area contributed by atoms with Crippen LogP contribution in [0.2, 0.25) is 0 Å². The SMILES string of the molecule is Cc1ccnc2nc(C(=O)NCCNc3ccccc3[N+](=O)[O-])nn12. The number of rotatable bonds is 6. The summed E-state index contributed by atoms with van der Waals surface area (Å²) < 4.78 is 1.49. The Bertz CT molecular complexity index is 938. The standard InChI is InChI=1S/C15H15N7O3/c1-10-6-7-18-15-19-13(20-21(10)15)14(23)17-9-8-16-11-4-2-3-5-12(11)22(24)25/h2-7,16H,8-9H2,1H3,(H,17,23). The number of hydrogen-bond acceptors (Lipinski definition) is 7. The van der Waals surface area contributed by atoms with Gasteiger partial charge in [-0.15, -0.1) is 5.10 Å². The third-order valence-electron chi connectivity index (χ3n) is 3.46. The average Bonchev–Trinajstić information content (AvgIpc) is 3.04. The van der Waals surface area contributed by atoms with E-state index in [2.05, 4.69) is 25.7 Å². The van der Waals surface area contributed by atoms with E-state index in [-0.39, 0.29) is 18.1 Å². The van der Waals surface area contributed by atoms with Crippen LogP contribution in [0.4, 0.5) is 11.4 Å². The maximum absolute atomic E-state index is 12.1. The number of nitro benzene ring substituents is 1. The lowest BCUT2D eigenvalue weighted by molar-refractivity contribution is -0.384. The zero-order valence-corrected chi connectivity index (χ0v) is 13.3. The molecule has 3 aromatic rings. The van der Waals surface area contributed by atoms with Crippen LogP contribution in [0.1, 0.15) is 16.3 Å². The molecule has 3 rings (SSSR count). The summed E-state index contributed by atoms with van der Waals surface area (Å²) >= 11 is 0. The Balaban J connectivity index is 1.58. The third kappa shape index (κ3) is 3.52. The number of carbonyl (C=O) groups is 1. The maximum atomic E-state index is 12.1. The normalized spacial score (nSPS) is 10.6. The van der Waals surface area contributed by atoms with E-state index < -0.39 is 10.8 Å². The number of hydrogen-bond donors (Lipinski definition) is 2. The van der Waals surface area contributed by atoms with Crippen LogP contribution in [0.25, 0.3) is 5.78 Å². The van der Waals surface area contributed by atoms with Crippen molar-refractivity contribution in [1.29, 1.82) is 0 Å². The minimum Gasteiger partial charge on any atom is -0.378 e. The number of nitrogens with one attached hydrogen (secondary N) is 2. The predicted octanol–water partition coefficient (Wildman–Crippen LogP) is 1.18. The van der Waals surface area contributed by atoms with Crippen LogP contribution >= 0.6 is 0 Å². The van der Waals surface area contributed by atoms with Gasteiger partial charge in [0, 0.05) is 31.0 Å². The molecule has 0 fully saturated rings. The van der Waals surface area contributed by atoms with Crippen molar-refractivity contribution in [1.82, 2.24) is 24.9 Å². The highest BCUT2D eigenvalue weighted by molar-refractivity contribution is 5.90. The highest BCUT2D eigenvalue weighted by Gasteiger charge is 2.14. The molecule has 0 atom stereocenters. The molecule has 2 heterocycles. The lowest BCUT2D eigenvalue weighted by Crippen LogP contribution is -2.29. The quantitative estimate of drug-likeness (QED) is 0.391. The van der Waals surface area contributed by atoms with Crippen LogP contribution in [0.5, 0.6) is 0 Å². The summed E-state index contributed by atoms with van der Waals surface area (Å²) in [5.74, 6) is -0.0649. The van der Waals surface area contributed by atoms with Gasteiger partial charge in [0.1, 0.15) is 5.69 Å². The summed E-state index contributed by atoms with van der Waals surface area (Å²) in [6, 6.07) is 8.08. The monoisotopic (exact) mass is 341 g/mol. The first-order chi connectivity index (χ1) is 12.1. The molecule has 0 bridgehead atoms. The molecule has 0 aliphatic carbocycles. The van der Waals surface area contributed by atoms with Gasteiger partial charge >= 0.3 is 0 Å². The van der Waals surface area contributed by atoms with Crippen molar-refractivity contribution in [2.24, 2.45) is 0 Å². The van der Waals surface area contributed by atoms with Crippen molar-refractivity contribution in [3.63, 3.8) is 0 Å². The van der Waals surface area contributed by atoms with Crippen LogP contribution < -0.4 is 10.6 Å². The zero-order chi connectivity index (χ0) is 17.8. The lowest BCUT2D eigenvalue weighted by atomic mass is 10.2. The molecule has 2 aromatic heterocycles. The number of nitrogens with zero attached hydrogens (tertiary/aromatic N) is 5. The van der Waals surface area contributed by atoms with E-state index in [1.807, 2.05) is 6.92 Å². The minimum atomic E-state index is -0.461. The molecule has 0 saturated carbocycles. The highest BCUT2D eigenvalue weighted by Crippen LogP contribution is 2.22. The number of aryl methyl sites for hydroxylation is 1. The minimum absolute atomic E-state index is 0.0163. The molecular formula is C15H15N7O3. The van der Waals surface area contributed by atoms with Crippen LogP contribution in [0, 0.1) is 17.0 Å². The first-order valence-corrected chi connectivity index (χ1v) is 7.50. The van der Waals surface area contributed by atoms with Gasteiger partial charge in [-0.05, 0) is 19.1 Å². The molecule has 0 unspecified atom stereocenters. The maximum Gasteiger partial charge on any atom is 0.292 e. The number of benzene rings is 1. The third-order valence-corrected chi connectivity index (χ3v) is 3.46. The van der Waals surface area contributed by atoms with E-state index in [1.165, 1.54) is 10.6 Å². The van der Waals surface area contributed by atoms with E-state index in [9.17, 15) is 14.9 Å². The van der Waals surface area contributed by atoms with Gasteiger partial charge in [-0.3, -0.25) is 14.9 Å². The fraction of sp³-hybridized carbons (Fsp3) is 0.200. The largest absolute Gasteiger partial charge is 0.378 e. The molecule has 0 radical (unpaired) electrons. The Hall–Kier alpha value is -3.56. The van der Waals surface area contributed by atoms with Gasteiger partial charge in [-0.25, -0.2) is 9.50 Å². The van der Waals surface area contributed by atoms with Gasteiger partial charge in [0.15, 0.2) is 0 Å². The summed E-state index contributed by atoms with van der Waals surface area (Å²) in [6.45, 7) is 2.41. The van der Waals surface area contributed by atoms with Crippen LogP contribution in [0.15, 0.2) is 36.5 Å². The van der Waals surface area contributed by atoms with E-state index in [4.69, 9.17) is 0 Å². The molecule has 25 heavy (non-hydrogen) atoms. The molecule has 2 N–H and O–H groups in total. The summed E-state index contributed by atoms with van der Waals surface area (Å²) in [5, 5.41) is 20.6. The van der Waals surface area contributed by atoms with E-state index >= 15 is 0 Å². The lowest BCUT2D eigenvalue weighted by Gasteiger charge is -2.07. The summed E-state index contributed by atoms with van der Waals surface area (Å²) in [7, 11) is 0. The Kier molecular flexibility index (Phi) is 4.50. The second-order valence-electron chi connectivity index (χ2n) is 5.19. The van der Waals surface area contributed by atoms with Crippen molar-refractivity contribution in [2.45, 2.75) is 6.92 Å². The second-order valence-corrected chi connectivity index (χ2v) is 5.19. The van der Waals surface area contributed by atoms with Crippen molar-refractivity contribution >= 4 is 23.1 Å². The summed E-state index contributed by atoms with van der Waals surface area (Å²) in [6.07, 6.45) is 1.59. The second kappa shape index (κ2) is 6.91. The zero-order valence-electron chi connectivity index (χ0n) is 13.3. The van der Waals surface area contributed by atoms with Crippen LogP contribution in [0.3, 0.4) is 0 Å². The van der Waals surface area contributed by atoms with Crippen molar-refractivity contribution < 1.29 is 9.72 Å². The van der Waals surface area contributed by atoms with Gasteiger partial charge in [-0.1, -0.05) is 12.1 Å². The van der Waals surface area contributed by atoms with Gasteiger partial charge in [0.05, 0.1) is 4.92 Å². The van der Waals surface area contributed by atoms with E-state index in [0.717, 1.165) is 5.69 Å². The Morgan fingerprint density at radius 1 is 1.28 bits per heavy atom. The molecule has 0 aliphatic heterocycles. The highest BCUT2D eigenvalue weighted by atomic mass is 16.6. The number of anilines is 1. The fourth-order valence-electron chi connectivity index (χ4n) is 2.24.